The third-order valence-corrected chi connectivity index (χ3v) is 4.62. The second kappa shape index (κ2) is 5.52. The Morgan fingerprint density at radius 2 is 1.68 bits per heavy atom. The van der Waals surface area contributed by atoms with E-state index < -0.39 is 22.0 Å². The molecule has 0 unspecified atom stereocenters. The summed E-state index contributed by atoms with van der Waals surface area (Å²) in [4.78, 5) is 50.5. The number of H-pyrrole nitrogens is 2. The number of halogens is 1. The summed E-state index contributed by atoms with van der Waals surface area (Å²) in [5.74, 6) is 0. The van der Waals surface area contributed by atoms with Gasteiger partial charge in [-0.1, -0.05) is 28.1 Å². The van der Waals surface area contributed by atoms with Crippen molar-refractivity contribution >= 4 is 37.6 Å². The standard InChI is InChI=1S/C17H10BrN3O4/c18-9-3-1-2-8(6-9)7-21-16(24)11-12(17(21)25)15(23)13-10(14(11)22)4-5-19-20-13/h1-6,19-20H,7H2. The summed E-state index contributed by atoms with van der Waals surface area (Å²) in [6, 6.07) is 8.51. The van der Waals surface area contributed by atoms with Crippen LogP contribution in [0.2, 0.25) is 0 Å². The van der Waals surface area contributed by atoms with Crippen molar-refractivity contribution in [2.45, 2.75) is 6.54 Å². The molecule has 0 aliphatic carbocycles. The first-order valence-electron chi connectivity index (χ1n) is 7.35. The third-order valence-electron chi connectivity index (χ3n) is 4.12. The molecule has 4 aromatic rings. The van der Waals surface area contributed by atoms with Crippen molar-refractivity contribution in [3.8, 4) is 0 Å². The van der Waals surface area contributed by atoms with E-state index in [-0.39, 0.29) is 28.2 Å². The lowest BCUT2D eigenvalue weighted by Gasteiger charge is -2.01. The van der Waals surface area contributed by atoms with Crippen LogP contribution in [-0.4, -0.2) is 14.8 Å². The van der Waals surface area contributed by atoms with E-state index in [0.717, 1.165) is 9.04 Å². The van der Waals surface area contributed by atoms with Crippen molar-refractivity contribution < 1.29 is 0 Å². The van der Waals surface area contributed by atoms with Crippen LogP contribution in [0.4, 0.5) is 0 Å². The van der Waals surface area contributed by atoms with E-state index in [4.69, 9.17) is 0 Å². The molecule has 124 valence electrons. The van der Waals surface area contributed by atoms with Gasteiger partial charge in [0.05, 0.1) is 11.9 Å². The monoisotopic (exact) mass is 399 g/mol. The van der Waals surface area contributed by atoms with Crippen molar-refractivity contribution in [3.63, 3.8) is 0 Å². The molecule has 8 heteroatoms. The van der Waals surface area contributed by atoms with Crippen LogP contribution in [0.15, 0.2) is 60.2 Å². The van der Waals surface area contributed by atoms with Gasteiger partial charge in [0.15, 0.2) is 0 Å². The lowest BCUT2D eigenvalue weighted by atomic mass is 10.1. The highest BCUT2D eigenvalue weighted by atomic mass is 79.9. The molecule has 2 N–H and O–H groups in total. The minimum Gasteiger partial charge on any atom is -0.308 e. The van der Waals surface area contributed by atoms with E-state index in [0.29, 0.717) is 5.56 Å². The molecule has 2 aromatic carbocycles. The molecule has 0 atom stereocenters. The highest BCUT2D eigenvalue weighted by Gasteiger charge is 2.22. The van der Waals surface area contributed by atoms with Crippen LogP contribution in [-0.2, 0) is 6.54 Å². The highest BCUT2D eigenvalue weighted by Crippen LogP contribution is 2.12. The molecule has 2 heterocycles. The topological polar surface area (TPSA) is 105 Å². The van der Waals surface area contributed by atoms with Gasteiger partial charge < -0.3 is 5.10 Å². The van der Waals surface area contributed by atoms with Crippen LogP contribution in [0.25, 0.3) is 21.7 Å². The smallest absolute Gasteiger partial charge is 0.266 e. The fourth-order valence-electron chi connectivity index (χ4n) is 2.98. The van der Waals surface area contributed by atoms with Crippen LogP contribution < -0.4 is 22.0 Å². The van der Waals surface area contributed by atoms with Crippen LogP contribution in [0, 0.1) is 0 Å². The summed E-state index contributed by atoms with van der Waals surface area (Å²) in [7, 11) is 0. The Labute approximate surface area is 147 Å². The molecule has 0 saturated carbocycles. The zero-order chi connectivity index (χ0) is 17.7. The van der Waals surface area contributed by atoms with E-state index in [1.54, 1.807) is 18.2 Å². The highest BCUT2D eigenvalue weighted by molar-refractivity contribution is 9.10. The van der Waals surface area contributed by atoms with Gasteiger partial charge in [0.2, 0.25) is 10.9 Å². The predicted octanol–water partition coefficient (Wildman–Crippen LogP) is 1.14. The number of benzene rings is 2. The number of aromatic nitrogens is 3. The van der Waals surface area contributed by atoms with Gasteiger partial charge in [0.1, 0.15) is 16.3 Å². The number of rotatable bonds is 2. The van der Waals surface area contributed by atoms with Gasteiger partial charge in [-0.3, -0.25) is 28.8 Å². The van der Waals surface area contributed by atoms with E-state index in [9.17, 15) is 19.2 Å². The number of nitrogens with zero attached hydrogens (tertiary/aromatic N) is 1. The lowest BCUT2D eigenvalue weighted by Crippen LogP contribution is -2.27. The quantitative estimate of drug-likeness (QED) is 0.527. The zero-order valence-corrected chi connectivity index (χ0v) is 14.2. The third kappa shape index (κ3) is 2.25. The van der Waals surface area contributed by atoms with E-state index >= 15 is 0 Å². The molecule has 0 aliphatic heterocycles. The van der Waals surface area contributed by atoms with Crippen LogP contribution in [0.3, 0.4) is 0 Å². The Kier molecular flexibility index (Phi) is 3.43. The summed E-state index contributed by atoms with van der Waals surface area (Å²) in [5.41, 5.74) is -2.08. The zero-order valence-electron chi connectivity index (χ0n) is 12.6. The van der Waals surface area contributed by atoms with Gasteiger partial charge in [-0.2, -0.15) is 0 Å². The van der Waals surface area contributed by atoms with Gasteiger partial charge in [-0.15, -0.1) is 0 Å². The molecule has 7 nitrogen and oxygen atoms in total. The minimum absolute atomic E-state index is 0.0169. The predicted molar refractivity (Wildman–Crippen MR) is 97.7 cm³/mol. The van der Waals surface area contributed by atoms with Crippen molar-refractivity contribution in [2.75, 3.05) is 0 Å². The van der Waals surface area contributed by atoms with Crippen molar-refractivity contribution in [3.05, 3.63) is 87.7 Å². The second-order valence-corrected chi connectivity index (χ2v) is 6.54. The Hall–Kier alpha value is -3.00. The maximum absolute atomic E-state index is 12.6. The average Bonchev–Trinajstić information content (AvgIpc) is 2.85. The normalized spacial score (nSPS) is 11.4. The van der Waals surface area contributed by atoms with E-state index in [1.165, 1.54) is 12.3 Å². The molecule has 25 heavy (non-hydrogen) atoms. The second-order valence-electron chi connectivity index (χ2n) is 5.63. The molecule has 0 radical (unpaired) electrons. The number of nitrogens with one attached hydrogen (secondary N) is 2. The average molecular weight is 400 g/mol. The Balaban J connectivity index is 2.10. The molecule has 4 rings (SSSR count). The van der Waals surface area contributed by atoms with Crippen LogP contribution in [0.1, 0.15) is 5.56 Å². The largest absolute Gasteiger partial charge is 0.308 e. The number of hydrogen-bond donors (Lipinski definition) is 2. The van der Waals surface area contributed by atoms with E-state index in [2.05, 4.69) is 26.1 Å². The van der Waals surface area contributed by atoms with E-state index in [1.807, 2.05) is 6.07 Å². The number of hydrogen-bond acceptors (Lipinski definition) is 4. The van der Waals surface area contributed by atoms with Gasteiger partial charge in [0, 0.05) is 10.7 Å². The Bertz CT molecular complexity index is 1290. The van der Waals surface area contributed by atoms with Crippen molar-refractivity contribution in [1.29, 1.82) is 0 Å². The fourth-order valence-corrected chi connectivity index (χ4v) is 3.42. The maximum Gasteiger partial charge on any atom is 0.266 e. The first kappa shape index (κ1) is 15.5. The summed E-state index contributed by atoms with van der Waals surface area (Å²) >= 11 is 3.33. The van der Waals surface area contributed by atoms with Gasteiger partial charge in [-0.25, -0.2) is 0 Å². The number of aromatic amines is 2. The van der Waals surface area contributed by atoms with Gasteiger partial charge in [-0.05, 0) is 23.8 Å². The molecule has 0 fully saturated rings. The summed E-state index contributed by atoms with van der Waals surface area (Å²) < 4.78 is 1.73. The number of fused-ring (bicyclic) bond motifs is 2. The Morgan fingerprint density at radius 3 is 2.40 bits per heavy atom. The summed E-state index contributed by atoms with van der Waals surface area (Å²) in [6.07, 6.45) is 1.44. The van der Waals surface area contributed by atoms with Gasteiger partial charge >= 0.3 is 0 Å². The lowest BCUT2D eigenvalue weighted by molar-refractivity contribution is 0.754. The molecule has 0 saturated heterocycles. The molecule has 0 bridgehead atoms. The molecule has 0 spiro atoms. The molecular formula is C17H10BrN3O4. The molecule has 0 aliphatic rings. The first-order valence-corrected chi connectivity index (χ1v) is 8.15. The van der Waals surface area contributed by atoms with Crippen LogP contribution >= 0.6 is 15.9 Å². The summed E-state index contributed by atoms with van der Waals surface area (Å²) in [6.45, 7) is -0.0170. The summed E-state index contributed by atoms with van der Waals surface area (Å²) in [5, 5.41) is 4.53. The van der Waals surface area contributed by atoms with Crippen molar-refractivity contribution in [1.82, 2.24) is 14.8 Å². The molecular weight excluding hydrogens is 390 g/mol. The maximum atomic E-state index is 12.6. The molecule has 0 amide bonds. The van der Waals surface area contributed by atoms with Crippen molar-refractivity contribution in [2.24, 2.45) is 0 Å². The minimum atomic E-state index is -0.749. The van der Waals surface area contributed by atoms with Crippen LogP contribution in [0.5, 0.6) is 0 Å². The Morgan fingerprint density at radius 1 is 0.960 bits per heavy atom. The SMILES string of the molecule is O=c1c2cc[nH][nH]c2c(=O)c2c(=O)n(Cc3cccc(Br)c3)c(=O)c12. The fraction of sp³-hybridized carbons (Fsp3) is 0.0588. The van der Waals surface area contributed by atoms with Gasteiger partial charge in [0.25, 0.3) is 11.1 Å². The first-order chi connectivity index (χ1) is 12.0. The molecule has 2 aromatic heterocycles.